The van der Waals surface area contributed by atoms with Gasteiger partial charge in [0.15, 0.2) is 10.9 Å². The van der Waals surface area contributed by atoms with Gasteiger partial charge in [-0.1, -0.05) is 32.5 Å². The van der Waals surface area contributed by atoms with E-state index >= 15 is 0 Å². The molecule has 0 atom stereocenters. The Morgan fingerprint density at radius 1 is 1.18 bits per heavy atom. The minimum Gasteiger partial charge on any atom is -0.326 e. The van der Waals surface area contributed by atoms with E-state index in [-0.39, 0.29) is 23.0 Å². The average molecular weight is 416 g/mol. The van der Waals surface area contributed by atoms with E-state index in [0.29, 0.717) is 26.6 Å². The van der Waals surface area contributed by atoms with Crippen LogP contribution in [0.2, 0.25) is 0 Å². The molecule has 0 fully saturated rings. The summed E-state index contributed by atoms with van der Waals surface area (Å²) in [5.74, 6) is 0.0162. The van der Waals surface area contributed by atoms with Crippen LogP contribution >= 0.6 is 23.1 Å². The summed E-state index contributed by atoms with van der Waals surface area (Å²) in [4.78, 5) is 42.0. The van der Waals surface area contributed by atoms with Crippen molar-refractivity contribution in [1.29, 1.82) is 0 Å². The molecule has 2 heterocycles. The molecule has 0 bridgehead atoms. The molecule has 2 aromatic heterocycles. The van der Waals surface area contributed by atoms with E-state index in [0.717, 1.165) is 0 Å². The van der Waals surface area contributed by atoms with Crippen molar-refractivity contribution in [3.05, 3.63) is 51.6 Å². The highest BCUT2D eigenvalue weighted by molar-refractivity contribution is 7.99. The third kappa shape index (κ3) is 4.34. The number of nitrogens with zero attached hydrogens (tertiary/aromatic N) is 2. The zero-order chi connectivity index (χ0) is 20.5. The molecule has 0 aliphatic rings. The number of hydrogen-bond donors (Lipinski definition) is 1. The van der Waals surface area contributed by atoms with Crippen molar-refractivity contribution in [3.63, 3.8) is 0 Å². The Labute approximate surface area is 171 Å². The second-order valence-corrected chi connectivity index (χ2v) is 9.23. The first-order valence-electron chi connectivity index (χ1n) is 8.68. The van der Waals surface area contributed by atoms with Crippen LogP contribution < -0.4 is 10.9 Å². The Morgan fingerprint density at radius 2 is 1.86 bits per heavy atom. The summed E-state index contributed by atoms with van der Waals surface area (Å²) in [6, 6.07) is 8.57. The molecule has 0 aliphatic carbocycles. The van der Waals surface area contributed by atoms with E-state index in [9.17, 15) is 14.4 Å². The first kappa shape index (κ1) is 20.3. The maximum absolute atomic E-state index is 12.5. The van der Waals surface area contributed by atoms with Crippen LogP contribution in [0.4, 0.5) is 5.69 Å². The molecule has 28 heavy (non-hydrogen) atoms. The summed E-state index contributed by atoms with van der Waals surface area (Å²) < 4.78 is 1.47. The Bertz CT molecular complexity index is 1090. The molecule has 1 aromatic carbocycles. The quantitative estimate of drug-likeness (QED) is 0.388. The Hall–Kier alpha value is -2.45. The molecule has 0 spiro atoms. The first-order chi connectivity index (χ1) is 13.2. The second-order valence-electron chi connectivity index (χ2n) is 7.39. The molecular weight excluding hydrogens is 394 g/mol. The SMILES string of the molecule is Cn1c(SCC(=O)c2ccc(NC(=O)C(C)(C)C)cc2)nc2sccc2c1=O. The summed E-state index contributed by atoms with van der Waals surface area (Å²) >= 11 is 2.65. The van der Waals surface area contributed by atoms with Crippen molar-refractivity contribution in [3.8, 4) is 0 Å². The molecule has 8 heteroatoms. The lowest BCUT2D eigenvalue weighted by molar-refractivity contribution is -0.123. The monoisotopic (exact) mass is 415 g/mol. The van der Waals surface area contributed by atoms with Crippen LogP contribution in [0.5, 0.6) is 0 Å². The van der Waals surface area contributed by atoms with Crippen molar-refractivity contribution in [2.75, 3.05) is 11.1 Å². The highest BCUT2D eigenvalue weighted by Gasteiger charge is 2.21. The molecule has 1 N–H and O–H groups in total. The molecule has 146 valence electrons. The van der Waals surface area contributed by atoms with Gasteiger partial charge in [-0.05, 0) is 35.7 Å². The van der Waals surface area contributed by atoms with Gasteiger partial charge in [-0.3, -0.25) is 19.0 Å². The summed E-state index contributed by atoms with van der Waals surface area (Å²) in [6.07, 6.45) is 0. The molecule has 0 unspecified atom stereocenters. The standard InChI is InChI=1S/C20H21N3O3S2/c1-20(2,3)18(26)21-13-7-5-12(6-8-13)15(24)11-28-19-22-16-14(9-10-27-16)17(25)23(19)4/h5-10H,11H2,1-4H3,(H,21,26). The van der Waals surface area contributed by atoms with Gasteiger partial charge in [-0.2, -0.15) is 0 Å². The lowest BCUT2D eigenvalue weighted by atomic mass is 9.95. The number of Topliss-reactive ketones (excluding diaryl/α,β-unsaturated/α-hetero) is 1. The van der Waals surface area contributed by atoms with Crippen molar-refractivity contribution in [2.24, 2.45) is 12.5 Å². The fourth-order valence-electron chi connectivity index (χ4n) is 2.38. The van der Waals surface area contributed by atoms with E-state index in [1.165, 1.54) is 27.7 Å². The molecule has 3 rings (SSSR count). The third-order valence-corrected chi connectivity index (χ3v) is 5.98. The highest BCUT2D eigenvalue weighted by atomic mass is 32.2. The van der Waals surface area contributed by atoms with Crippen molar-refractivity contribution in [2.45, 2.75) is 25.9 Å². The average Bonchev–Trinajstić information content (AvgIpc) is 3.11. The molecule has 0 radical (unpaired) electrons. The van der Waals surface area contributed by atoms with Gasteiger partial charge in [0.05, 0.1) is 11.1 Å². The minimum absolute atomic E-state index is 0.0702. The van der Waals surface area contributed by atoms with Gasteiger partial charge in [-0.15, -0.1) is 11.3 Å². The lowest BCUT2D eigenvalue weighted by Crippen LogP contribution is -2.27. The number of benzene rings is 1. The number of fused-ring (bicyclic) bond motifs is 1. The maximum Gasteiger partial charge on any atom is 0.262 e. The lowest BCUT2D eigenvalue weighted by Gasteiger charge is -2.17. The molecular formula is C20H21N3O3S2. The largest absolute Gasteiger partial charge is 0.326 e. The van der Waals surface area contributed by atoms with Crippen LogP contribution in [-0.4, -0.2) is 27.0 Å². The summed E-state index contributed by atoms with van der Waals surface area (Å²) in [5, 5.41) is 5.77. The zero-order valence-corrected chi connectivity index (χ0v) is 17.7. The number of aromatic nitrogens is 2. The number of ketones is 1. The first-order valence-corrected chi connectivity index (χ1v) is 10.5. The van der Waals surface area contributed by atoms with Crippen LogP contribution in [0, 0.1) is 5.41 Å². The molecule has 0 saturated carbocycles. The topological polar surface area (TPSA) is 81.1 Å². The maximum atomic E-state index is 12.5. The zero-order valence-electron chi connectivity index (χ0n) is 16.1. The predicted molar refractivity (Wildman–Crippen MR) is 114 cm³/mol. The van der Waals surface area contributed by atoms with Gasteiger partial charge in [0.1, 0.15) is 4.83 Å². The minimum atomic E-state index is -0.488. The van der Waals surface area contributed by atoms with Gasteiger partial charge in [0.2, 0.25) is 5.91 Å². The van der Waals surface area contributed by atoms with Crippen LogP contribution in [0.1, 0.15) is 31.1 Å². The van der Waals surface area contributed by atoms with E-state index in [4.69, 9.17) is 0 Å². The van der Waals surface area contributed by atoms with Gasteiger partial charge >= 0.3 is 0 Å². The van der Waals surface area contributed by atoms with E-state index < -0.39 is 5.41 Å². The van der Waals surface area contributed by atoms with Gasteiger partial charge in [-0.25, -0.2) is 4.98 Å². The molecule has 0 saturated heterocycles. The Morgan fingerprint density at radius 3 is 2.50 bits per heavy atom. The van der Waals surface area contributed by atoms with Gasteiger partial charge in [0.25, 0.3) is 5.56 Å². The second kappa shape index (κ2) is 7.89. The van der Waals surface area contributed by atoms with Crippen LogP contribution in [0.3, 0.4) is 0 Å². The van der Waals surface area contributed by atoms with Crippen molar-refractivity contribution < 1.29 is 9.59 Å². The number of rotatable bonds is 5. The molecule has 0 aliphatic heterocycles. The summed E-state index contributed by atoms with van der Waals surface area (Å²) in [7, 11) is 1.66. The normalized spacial score (nSPS) is 11.6. The van der Waals surface area contributed by atoms with Gasteiger partial charge in [0, 0.05) is 23.7 Å². The highest BCUT2D eigenvalue weighted by Crippen LogP contribution is 2.22. The summed E-state index contributed by atoms with van der Waals surface area (Å²) in [5.41, 5.74) is 0.595. The number of thiophene rings is 1. The summed E-state index contributed by atoms with van der Waals surface area (Å²) in [6.45, 7) is 5.52. The smallest absolute Gasteiger partial charge is 0.262 e. The molecule has 1 amide bonds. The van der Waals surface area contributed by atoms with Crippen molar-refractivity contribution >= 4 is 50.7 Å². The predicted octanol–water partition coefficient (Wildman–Crippen LogP) is 3.95. The number of nitrogens with one attached hydrogen (secondary N) is 1. The van der Waals surface area contributed by atoms with Crippen LogP contribution in [-0.2, 0) is 11.8 Å². The number of thioether (sulfide) groups is 1. The van der Waals surface area contributed by atoms with E-state index in [1.54, 1.807) is 37.4 Å². The third-order valence-electron chi connectivity index (χ3n) is 4.14. The van der Waals surface area contributed by atoms with Crippen LogP contribution in [0.25, 0.3) is 10.2 Å². The number of amides is 1. The fourth-order valence-corrected chi connectivity index (χ4v) is 4.05. The van der Waals surface area contributed by atoms with E-state index in [2.05, 4.69) is 10.3 Å². The number of hydrogen-bond acceptors (Lipinski definition) is 6. The Balaban J connectivity index is 1.68. The van der Waals surface area contributed by atoms with E-state index in [1.807, 2.05) is 26.2 Å². The van der Waals surface area contributed by atoms with Crippen molar-refractivity contribution in [1.82, 2.24) is 9.55 Å². The van der Waals surface area contributed by atoms with Gasteiger partial charge < -0.3 is 5.32 Å². The Kier molecular flexibility index (Phi) is 5.71. The molecule has 6 nitrogen and oxygen atoms in total. The number of carbonyl (C=O) groups is 2. The fraction of sp³-hybridized carbons (Fsp3) is 0.300. The van der Waals surface area contributed by atoms with Crippen LogP contribution in [0.15, 0.2) is 45.7 Å². The molecule has 3 aromatic rings. The number of anilines is 1. The number of carbonyl (C=O) groups excluding carboxylic acids is 2.